The molecule has 24 heavy (non-hydrogen) atoms. The van der Waals surface area contributed by atoms with E-state index in [0.717, 1.165) is 43.9 Å². The van der Waals surface area contributed by atoms with Crippen LogP contribution in [0.2, 0.25) is 0 Å². The smallest absolute Gasteiger partial charge is 0.205 e. The third kappa shape index (κ3) is 2.71. The summed E-state index contributed by atoms with van der Waals surface area (Å²) in [5.74, 6) is 0. The van der Waals surface area contributed by atoms with Crippen LogP contribution in [0.3, 0.4) is 0 Å². The van der Waals surface area contributed by atoms with Crippen LogP contribution in [0, 0.1) is 0 Å². The Hall–Kier alpha value is -2.53. The van der Waals surface area contributed by atoms with E-state index in [4.69, 9.17) is 0 Å². The molecule has 0 atom stereocenters. The number of benzene rings is 1. The molecule has 1 aliphatic heterocycles. The molecule has 0 amide bonds. The molecule has 1 aliphatic rings. The molecule has 1 saturated heterocycles. The van der Waals surface area contributed by atoms with Gasteiger partial charge in [0.2, 0.25) is 5.43 Å². The van der Waals surface area contributed by atoms with Gasteiger partial charge in [0.25, 0.3) is 0 Å². The number of piperazine rings is 1. The minimum atomic E-state index is 0.0328. The Morgan fingerprint density at radius 2 is 1.75 bits per heavy atom. The lowest BCUT2D eigenvalue weighted by atomic mass is 10.1. The van der Waals surface area contributed by atoms with E-state index in [2.05, 4.69) is 46.1 Å². The zero-order valence-corrected chi connectivity index (χ0v) is 13.9. The Morgan fingerprint density at radius 1 is 1.00 bits per heavy atom. The second kappa shape index (κ2) is 6.17. The summed E-state index contributed by atoms with van der Waals surface area (Å²) in [6, 6.07) is 12.1. The van der Waals surface area contributed by atoms with Crippen molar-refractivity contribution in [1.82, 2.24) is 14.5 Å². The van der Waals surface area contributed by atoms with Gasteiger partial charge in [-0.1, -0.05) is 19.1 Å². The van der Waals surface area contributed by atoms with E-state index in [1.54, 1.807) is 16.8 Å². The van der Waals surface area contributed by atoms with Crippen LogP contribution < -0.4 is 10.3 Å². The molecular formula is C19H22N4O. The summed E-state index contributed by atoms with van der Waals surface area (Å²) >= 11 is 0. The average molecular weight is 322 g/mol. The van der Waals surface area contributed by atoms with Gasteiger partial charge in [0.15, 0.2) is 0 Å². The lowest BCUT2D eigenvalue weighted by Gasteiger charge is -2.35. The summed E-state index contributed by atoms with van der Waals surface area (Å²) < 4.78 is 1.77. The Bertz CT molecular complexity index is 886. The van der Waals surface area contributed by atoms with Gasteiger partial charge in [-0.3, -0.25) is 9.31 Å². The lowest BCUT2D eigenvalue weighted by molar-refractivity contribution is 0.271. The highest BCUT2D eigenvalue weighted by atomic mass is 16.1. The van der Waals surface area contributed by atoms with Crippen molar-refractivity contribution in [3.8, 4) is 11.1 Å². The molecule has 3 heterocycles. The van der Waals surface area contributed by atoms with E-state index in [-0.39, 0.29) is 5.43 Å². The number of hydrogen-bond acceptors (Lipinski definition) is 3. The molecule has 5 nitrogen and oxygen atoms in total. The molecule has 0 bridgehead atoms. The van der Waals surface area contributed by atoms with E-state index in [1.165, 1.54) is 5.69 Å². The summed E-state index contributed by atoms with van der Waals surface area (Å²) in [6.45, 7) is 7.77. The molecule has 0 unspecified atom stereocenters. The van der Waals surface area contributed by atoms with Gasteiger partial charge < -0.3 is 14.9 Å². The Kier molecular flexibility index (Phi) is 3.86. The minimum absolute atomic E-state index is 0.0328. The maximum absolute atomic E-state index is 11.9. The molecule has 5 heteroatoms. The number of fused-ring (bicyclic) bond motifs is 1. The number of rotatable bonds is 3. The van der Waals surface area contributed by atoms with Gasteiger partial charge >= 0.3 is 0 Å². The molecule has 0 spiro atoms. The van der Waals surface area contributed by atoms with E-state index < -0.39 is 0 Å². The van der Waals surface area contributed by atoms with Gasteiger partial charge in [0.05, 0.1) is 0 Å². The zero-order valence-electron chi connectivity index (χ0n) is 13.9. The van der Waals surface area contributed by atoms with E-state index >= 15 is 0 Å². The maximum Gasteiger partial charge on any atom is 0.205 e. The first-order chi connectivity index (χ1) is 11.7. The number of nitrogens with zero attached hydrogens (tertiary/aromatic N) is 3. The predicted octanol–water partition coefficient (Wildman–Crippen LogP) is 2.44. The van der Waals surface area contributed by atoms with Crippen molar-refractivity contribution in [3.63, 3.8) is 0 Å². The van der Waals surface area contributed by atoms with Gasteiger partial charge in [-0.2, -0.15) is 0 Å². The van der Waals surface area contributed by atoms with E-state index in [1.807, 2.05) is 12.3 Å². The SMILES string of the molecule is CCN1CCN(c2ccc(-c3cc4c(=O)cc[nH]n4c3)cc2)CC1. The molecule has 1 fully saturated rings. The van der Waals surface area contributed by atoms with Crippen molar-refractivity contribution < 1.29 is 0 Å². The Labute approximate surface area is 141 Å². The molecule has 0 aliphatic carbocycles. The van der Waals surface area contributed by atoms with E-state index in [0.29, 0.717) is 5.52 Å². The average Bonchev–Trinajstić information content (AvgIpc) is 3.08. The molecule has 0 radical (unpaired) electrons. The fourth-order valence-corrected chi connectivity index (χ4v) is 3.38. The number of hydrogen-bond donors (Lipinski definition) is 1. The largest absolute Gasteiger partial charge is 0.369 e. The first-order valence-electron chi connectivity index (χ1n) is 8.52. The first-order valence-corrected chi connectivity index (χ1v) is 8.52. The molecule has 4 rings (SSSR count). The van der Waals surface area contributed by atoms with Crippen molar-refractivity contribution >= 4 is 11.2 Å². The Balaban J connectivity index is 1.57. The molecule has 0 saturated carbocycles. The van der Waals surface area contributed by atoms with Crippen molar-refractivity contribution in [2.24, 2.45) is 0 Å². The third-order valence-electron chi connectivity index (χ3n) is 4.91. The van der Waals surface area contributed by atoms with Crippen molar-refractivity contribution in [2.75, 3.05) is 37.6 Å². The van der Waals surface area contributed by atoms with Crippen LogP contribution in [-0.4, -0.2) is 47.2 Å². The summed E-state index contributed by atoms with van der Waals surface area (Å²) in [4.78, 5) is 16.8. The van der Waals surface area contributed by atoms with Crippen molar-refractivity contribution in [1.29, 1.82) is 0 Å². The second-order valence-corrected chi connectivity index (χ2v) is 6.28. The topological polar surface area (TPSA) is 43.8 Å². The molecule has 1 N–H and O–H groups in total. The molecule has 1 aromatic carbocycles. The van der Waals surface area contributed by atoms with Gasteiger partial charge in [-0.25, -0.2) is 0 Å². The van der Waals surface area contributed by atoms with Crippen molar-refractivity contribution in [3.05, 3.63) is 59.0 Å². The summed E-state index contributed by atoms with van der Waals surface area (Å²) in [5.41, 5.74) is 4.16. The van der Waals surface area contributed by atoms with Crippen LogP contribution in [-0.2, 0) is 0 Å². The lowest BCUT2D eigenvalue weighted by Crippen LogP contribution is -2.46. The predicted molar refractivity (Wildman–Crippen MR) is 97.8 cm³/mol. The van der Waals surface area contributed by atoms with Crippen LogP contribution in [0.25, 0.3) is 16.6 Å². The number of aromatic amines is 1. The van der Waals surface area contributed by atoms with Gasteiger partial charge in [-0.05, 0) is 30.3 Å². The fraction of sp³-hybridized carbons (Fsp3) is 0.316. The van der Waals surface area contributed by atoms with Crippen LogP contribution in [0.4, 0.5) is 5.69 Å². The minimum Gasteiger partial charge on any atom is -0.369 e. The molecular weight excluding hydrogens is 300 g/mol. The highest BCUT2D eigenvalue weighted by Crippen LogP contribution is 2.25. The van der Waals surface area contributed by atoms with Crippen molar-refractivity contribution in [2.45, 2.75) is 6.92 Å². The van der Waals surface area contributed by atoms with Gasteiger partial charge in [-0.15, -0.1) is 0 Å². The molecule has 124 valence electrons. The van der Waals surface area contributed by atoms with Crippen LogP contribution in [0.15, 0.2) is 53.6 Å². The highest BCUT2D eigenvalue weighted by molar-refractivity contribution is 5.71. The highest BCUT2D eigenvalue weighted by Gasteiger charge is 2.15. The fourth-order valence-electron chi connectivity index (χ4n) is 3.38. The first kappa shape index (κ1) is 15.0. The third-order valence-corrected chi connectivity index (χ3v) is 4.91. The van der Waals surface area contributed by atoms with Gasteiger partial charge in [0.1, 0.15) is 5.52 Å². The number of likely N-dealkylation sites (N-methyl/N-ethyl adjacent to an activating group) is 1. The quantitative estimate of drug-likeness (QED) is 0.805. The van der Waals surface area contributed by atoms with Crippen LogP contribution in [0.1, 0.15) is 6.92 Å². The number of anilines is 1. The number of H-pyrrole nitrogens is 1. The summed E-state index contributed by atoms with van der Waals surface area (Å²) in [5, 5.41) is 3.06. The number of nitrogens with one attached hydrogen (secondary N) is 1. The second-order valence-electron chi connectivity index (χ2n) is 6.28. The normalized spacial score (nSPS) is 16.0. The van der Waals surface area contributed by atoms with E-state index in [9.17, 15) is 4.79 Å². The summed E-state index contributed by atoms with van der Waals surface area (Å²) in [7, 11) is 0. The maximum atomic E-state index is 11.9. The number of aromatic nitrogens is 2. The Morgan fingerprint density at radius 3 is 2.42 bits per heavy atom. The summed E-state index contributed by atoms with van der Waals surface area (Å²) in [6.07, 6.45) is 3.63. The molecule has 3 aromatic rings. The van der Waals surface area contributed by atoms with Crippen LogP contribution >= 0.6 is 0 Å². The monoisotopic (exact) mass is 322 g/mol. The zero-order chi connectivity index (χ0) is 16.5. The molecule has 2 aromatic heterocycles. The van der Waals surface area contributed by atoms with Gasteiger partial charge in [0, 0.05) is 55.9 Å². The van der Waals surface area contributed by atoms with Crippen LogP contribution in [0.5, 0.6) is 0 Å². The standard InChI is InChI=1S/C19H22N4O/c1-2-21-9-11-22(12-10-21)17-5-3-15(4-6-17)16-13-18-19(24)7-8-20-23(18)14-16/h3-8,13-14,20H,2,9-12H2,1H3.